The van der Waals surface area contributed by atoms with Gasteiger partial charge in [0, 0.05) is 37.3 Å². The van der Waals surface area contributed by atoms with Crippen molar-refractivity contribution in [3.63, 3.8) is 0 Å². The van der Waals surface area contributed by atoms with Crippen LogP contribution in [0.4, 0.5) is 10.5 Å². The largest absolute Gasteiger partial charge is 0.460 e. The number of imide groups is 1. The van der Waals surface area contributed by atoms with E-state index < -0.39 is 86.8 Å². The summed E-state index contributed by atoms with van der Waals surface area (Å²) in [6, 6.07) is 1.30. The monoisotopic (exact) mass is 807 g/mol. The third-order valence-electron chi connectivity index (χ3n) is 8.27. The average Bonchev–Trinajstić information content (AvgIpc) is 3.41. The number of esters is 1. The van der Waals surface area contributed by atoms with Crippen molar-refractivity contribution in [3.8, 4) is 0 Å². The van der Waals surface area contributed by atoms with Crippen molar-refractivity contribution in [2.45, 2.75) is 97.9 Å². The standard InChI is InChI=1S/C36H53N7O12S/c1-22(2)30(42-32(48)26(21-56(52,53)54)40-27(44)11-7-6-8-19-43-28(45)16-17-29(43)46)33(49)41-25(10-9-18-38-35(37)51)31(47)39-24-14-12-23(13-15-24)20-55-34(50)36(3,4)5/h12-17,22,25-26,30H,6-11,18-21H2,1-5H3,(H,39,47)(H,40,44)(H,41,49)(H,42,48)(H3,37,38,51)(H,52,53,54)/t25-,26-,30-/m0/s1. The Morgan fingerprint density at radius 1 is 0.839 bits per heavy atom. The number of nitrogens with two attached hydrogens (primary N) is 1. The Kier molecular flexibility index (Phi) is 18.1. The highest BCUT2D eigenvalue weighted by atomic mass is 32.2. The van der Waals surface area contributed by atoms with Gasteiger partial charge in [0.15, 0.2) is 0 Å². The molecule has 1 heterocycles. The van der Waals surface area contributed by atoms with Gasteiger partial charge in [0.2, 0.25) is 23.6 Å². The molecule has 56 heavy (non-hydrogen) atoms. The number of hydrogen-bond acceptors (Lipinski definition) is 11. The van der Waals surface area contributed by atoms with E-state index in [-0.39, 0.29) is 51.3 Å². The van der Waals surface area contributed by atoms with Gasteiger partial charge in [0.1, 0.15) is 30.5 Å². The van der Waals surface area contributed by atoms with Gasteiger partial charge in [0.05, 0.1) is 5.41 Å². The number of urea groups is 1. The maximum Gasteiger partial charge on any atom is 0.312 e. The quantitative estimate of drug-likeness (QED) is 0.0368. The van der Waals surface area contributed by atoms with Crippen molar-refractivity contribution >= 4 is 63.2 Å². The molecule has 8 N–H and O–H groups in total. The summed E-state index contributed by atoms with van der Waals surface area (Å²) in [5.74, 6) is -6.36. The molecule has 20 heteroatoms. The Labute approximate surface area is 326 Å². The fourth-order valence-electron chi connectivity index (χ4n) is 5.16. The number of carbonyl (C=O) groups is 8. The lowest BCUT2D eigenvalue weighted by atomic mass is 9.97. The van der Waals surface area contributed by atoms with Crippen molar-refractivity contribution in [2.24, 2.45) is 17.1 Å². The number of amides is 8. The Morgan fingerprint density at radius 2 is 1.46 bits per heavy atom. The third kappa shape index (κ3) is 17.0. The molecule has 0 bridgehead atoms. The van der Waals surface area contributed by atoms with Crippen LogP contribution in [0.2, 0.25) is 0 Å². The van der Waals surface area contributed by atoms with Crippen molar-refractivity contribution in [1.29, 1.82) is 0 Å². The molecule has 1 aliphatic heterocycles. The van der Waals surface area contributed by atoms with Gasteiger partial charge in [0.25, 0.3) is 21.9 Å². The van der Waals surface area contributed by atoms with Crippen LogP contribution in [0.5, 0.6) is 0 Å². The number of hydrogen-bond donors (Lipinski definition) is 7. The first-order valence-corrected chi connectivity index (χ1v) is 19.7. The van der Waals surface area contributed by atoms with Gasteiger partial charge in [-0.2, -0.15) is 8.42 Å². The molecule has 0 radical (unpaired) electrons. The summed E-state index contributed by atoms with van der Waals surface area (Å²) in [6.45, 7) is 8.57. The van der Waals surface area contributed by atoms with Crippen molar-refractivity contribution in [1.82, 2.24) is 26.2 Å². The highest BCUT2D eigenvalue weighted by Gasteiger charge is 2.33. The summed E-state index contributed by atoms with van der Waals surface area (Å²) in [7, 11) is -4.80. The lowest BCUT2D eigenvalue weighted by molar-refractivity contribution is -0.154. The number of anilines is 1. The van der Waals surface area contributed by atoms with Gasteiger partial charge in [-0.3, -0.25) is 43.0 Å². The summed E-state index contributed by atoms with van der Waals surface area (Å²) < 4.78 is 38.4. The van der Waals surface area contributed by atoms with Crippen LogP contribution in [0.15, 0.2) is 36.4 Å². The maximum absolute atomic E-state index is 13.6. The molecule has 1 aliphatic rings. The first kappa shape index (κ1) is 46.8. The zero-order valence-corrected chi connectivity index (χ0v) is 33.0. The van der Waals surface area contributed by atoms with Gasteiger partial charge >= 0.3 is 12.0 Å². The van der Waals surface area contributed by atoms with Crippen molar-refractivity contribution in [2.75, 3.05) is 24.2 Å². The second-order valence-electron chi connectivity index (χ2n) is 14.6. The molecule has 2 rings (SSSR count). The minimum absolute atomic E-state index is 0.0122. The van der Waals surface area contributed by atoms with Crippen LogP contribution in [0.25, 0.3) is 0 Å². The molecule has 0 unspecified atom stereocenters. The molecule has 8 amide bonds. The lowest BCUT2D eigenvalue weighted by Gasteiger charge is -2.27. The van der Waals surface area contributed by atoms with E-state index in [9.17, 15) is 51.3 Å². The van der Waals surface area contributed by atoms with Crippen LogP contribution < -0.4 is 32.3 Å². The predicted octanol–water partition coefficient (Wildman–Crippen LogP) is 0.647. The molecular formula is C36H53N7O12S. The predicted molar refractivity (Wildman–Crippen MR) is 203 cm³/mol. The summed E-state index contributed by atoms with van der Waals surface area (Å²) in [6.07, 6.45) is 3.46. The third-order valence-corrected chi connectivity index (χ3v) is 9.02. The number of carbonyl (C=O) groups excluding carboxylic acids is 8. The van der Waals surface area contributed by atoms with Gasteiger partial charge in [-0.05, 0) is 70.1 Å². The molecule has 19 nitrogen and oxygen atoms in total. The van der Waals surface area contributed by atoms with Crippen LogP contribution in [-0.4, -0.2) is 102 Å². The zero-order valence-electron chi connectivity index (χ0n) is 32.2. The average molecular weight is 808 g/mol. The highest BCUT2D eigenvalue weighted by molar-refractivity contribution is 7.85. The van der Waals surface area contributed by atoms with E-state index in [0.29, 0.717) is 24.1 Å². The molecule has 310 valence electrons. The minimum Gasteiger partial charge on any atom is -0.460 e. The van der Waals surface area contributed by atoms with Gasteiger partial charge in [-0.25, -0.2) is 4.79 Å². The zero-order chi connectivity index (χ0) is 42.2. The molecule has 0 fully saturated rings. The molecule has 0 saturated heterocycles. The van der Waals surface area contributed by atoms with Crippen LogP contribution in [0, 0.1) is 11.3 Å². The molecule has 1 aromatic rings. The molecule has 0 aromatic heterocycles. The number of unbranched alkanes of at least 4 members (excludes halogenated alkanes) is 2. The van der Waals surface area contributed by atoms with E-state index in [0.717, 1.165) is 17.1 Å². The Morgan fingerprint density at radius 3 is 2.02 bits per heavy atom. The van der Waals surface area contributed by atoms with E-state index in [2.05, 4.69) is 26.6 Å². The molecule has 3 atom stereocenters. The molecule has 0 saturated carbocycles. The van der Waals surface area contributed by atoms with Gasteiger partial charge < -0.3 is 37.1 Å². The van der Waals surface area contributed by atoms with E-state index >= 15 is 0 Å². The van der Waals surface area contributed by atoms with Crippen LogP contribution in [-0.2, 0) is 55.0 Å². The smallest absolute Gasteiger partial charge is 0.312 e. The second-order valence-corrected chi connectivity index (χ2v) is 16.1. The maximum atomic E-state index is 13.6. The van der Waals surface area contributed by atoms with Crippen LogP contribution in [0.3, 0.4) is 0 Å². The van der Waals surface area contributed by atoms with E-state index in [1.807, 2.05) is 0 Å². The van der Waals surface area contributed by atoms with Crippen LogP contribution >= 0.6 is 0 Å². The summed E-state index contributed by atoms with van der Waals surface area (Å²) in [4.78, 5) is 101. The second kappa shape index (κ2) is 21.6. The number of primary amides is 1. The van der Waals surface area contributed by atoms with Gasteiger partial charge in [-0.15, -0.1) is 0 Å². The molecule has 0 spiro atoms. The number of nitrogens with one attached hydrogen (secondary N) is 5. The SMILES string of the molecule is CC(C)[C@H](NC(=O)[C@H](CS(=O)(=O)O)NC(=O)CCCCCN1C(=O)C=CC1=O)C(=O)N[C@@H](CCCNC(N)=O)C(=O)Nc1ccc(COC(=O)C(C)(C)C)cc1. The number of rotatable bonds is 22. The van der Waals surface area contributed by atoms with E-state index in [1.165, 1.54) is 0 Å². The van der Waals surface area contributed by atoms with E-state index in [4.69, 9.17) is 10.5 Å². The van der Waals surface area contributed by atoms with Crippen molar-refractivity contribution < 1.29 is 56.1 Å². The first-order valence-electron chi connectivity index (χ1n) is 18.1. The first-order chi connectivity index (χ1) is 26.1. The van der Waals surface area contributed by atoms with E-state index in [1.54, 1.807) is 58.9 Å². The topological polar surface area (TPSA) is 290 Å². The Hall–Kier alpha value is -5.37. The highest BCUT2D eigenvalue weighted by Crippen LogP contribution is 2.18. The molecule has 0 aliphatic carbocycles. The summed E-state index contributed by atoms with van der Waals surface area (Å²) in [5.41, 5.74) is 5.46. The summed E-state index contributed by atoms with van der Waals surface area (Å²) >= 11 is 0. The fraction of sp³-hybridized carbons (Fsp3) is 0.556. The number of benzene rings is 1. The Balaban J connectivity index is 2.09. The number of ether oxygens (including phenoxy) is 1. The lowest BCUT2D eigenvalue weighted by Crippen LogP contribution is -2.59. The minimum atomic E-state index is -4.80. The normalized spacial score (nSPS) is 14.4. The Bertz CT molecular complexity index is 1720. The van der Waals surface area contributed by atoms with Gasteiger partial charge in [-0.1, -0.05) is 32.4 Å². The summed E-state index contributed by atoms with van der Waals surface area (Å²) in [5, 5.41) is 12.4. The van der Waals surface area contributed by atoms with Crippen molar-refractivity contribution in [3.05, 3.63) is 42.0 Å². The molecular weight excluding hydrogens is 754 g/mol. The van der Waals surface area contributed by atoms with Crippen LogP contribution in [0.1, 0.15) is 78.7 Å². The molecule has 1 aromatic carbocycles. The fourth-order valence-corrected chi connectivity index (χ4v) is 5.82. The number of nitrogens with zero attached hydrogens (tertiary/aromatic N) is 1.